The first-order valence-corrected chi connectivity index (χ1v) is 3.67. The highest BCUT2D eigenvalue weighted by atomic mass is 19.4. The van der Waals surface area contributed by atoms with Gasteiger partial charge in [-0.1, -0.05) is 0 Å². The number of hydrogen-bond donors (Lipinski definition) is 2. The molecule has 8 heteroatoms. The number of nitrogens with zero attached hydrogens (tertiary/aromatic N) is 3. The van der Waals surface area contributed by atoms with Crippen LogP contribution >= 0.6 is 0 Å². The van der Waals surface area contributed by atoms with Gasteiger partial charge in [-0.25, -0.2) is 9.97 Å². The van der Waals surface area contributed by atoms with E-state index in [1.165, 1.54) is 0 Å². The predicted octanol–water partition coefficient (Wildman–Crippen LogP) is 0.816. The Morgan fingerprint density at radius 3 is 2.57 bits per heavy atom. The summed E-state index contributed by atoms with van der Waals surface area (Å²) < 4.78 is 36.2. The Bertz CT molecular complexity index is 313. The zero-order valence-electron chi connectivity index (χ0n) is 7.21. The van der Waals surface area contributed by atoms with Crippen molar-refractivity contribution in [3.8, 4) is 0 Å². The number of hydrogen-bond acceptors (Lipinski definition) is 5. The maximum atomic E-state index is 12.1. The van der Waals surface area contributed by atoms with Crippen LogP contribution in [0.1, 0.15) is 6.92 Å². The van der Waals surface area contributed by atoms with E-state index in [1.807, 2.05) is 0 Å². The van der Waals surface area contributed by atoms with Gasteiger partial charge in [-0.05, 0) is 6.92 Å². The lowest BCUT2D eigenvalue weighted by molar-refractivity contribution is -0.138. The number of halogens is 3. The zero-order chi connectivity index (χ0) is 10.8. The summed E-state index contributed by atoms with van der Waals surface area (Å²) in [4.78, 5) is 10.4. The fourth-order valence-corrected chi connectivity index (χ4v) is 0.654. The molecule has 14 heavy (non-hydrogen) atoms. The lowest BCUT2D eigenvalue weighted by Gasteiger charge is -2.16. The smallest absolute Gasteiger partial charge is 0.368 e. The van der Waals surface area contributed by atoms with Crippen molar-refractivity contribution in [2.24, 2.45) is 0 Å². The third-order valence-electron chi connectivity index (χ3n) is 1.43. The molecular weight excluding hydrogens is 199 g/mol. The molecule has 0 saturated heterocycles. The number of nitrogen functional groups attached to an aromatic ring is 1. The Hall–Kier alpha value is -1.60. The molecule has 0 aliphatic carbocycles. The summed E-state index contributed by atoms with van der Waals surface area (Å²) in [6, 6.07) is -1.73. The van der Waals surface area contributed by atoms with Gasteiger partial charge in [0.15, 0.2) is 0 Å². The second-order valence-electron chi connectivity index (χ2n) is 2.57. The van der Waals surface area contributed by atoms with Crippen LogP contribution in [0, 0.1) is 0 Å². The summed E-state index contributed by atoms with van der Waals surface area (Å²) in [7, 11) is 0. The van der Waals surface area contributed by atoms with Crippen molar-refractivity contribution in [3.63, 3.8) is 0 Å². The van der Waals surface area contributed by atoms with Crippen LogP contribution in [0.5, 0.6) is 0 Å². The van der Waals surface area contributed by atoms with Gasteiger partial charge in [0.05, 0.1) is 0 Å². The maximum absolute atomic E-state index is 12.1. The summed E-state index contributed by atoms with van der Waals surface area (Å²) in [5, 5.41) is 2.06. The Labute approximate surface area is 77.6 Å². The SMILES string of the molecule is CC(Nc1ncnc(N)n1)C(F)(F)F. The molecule has 1 aromatic rings. The molecule has 0 amide bonds. The number of nitrogens with one attached hydrogen (secondary N) is 1. The second kappa shape index (κ2) is 3.64. The first kappa shape index (κ1) is 10.5. The second-order valence-corrected chi connectivity index (χ2v) is 2.57. The molecule has 0 aromatic carbocycles. The normalized spacial score (nSPS) is 13.7. The fourth-order valence-electron chi connectivity index (χ4n) is 0.654. The van der Waals surface area contributed by atoms with E-state index in [9.17, 15) is 13.2 Å². The van der Waals surface area contributed by atoms with Crippen LogP contribution in [-0.4, -0.2) is 27.2 Å². The lowest BCUT2D eigenvalue weighted by atomic mass is 10.3. The summed E-state index contributed by atoms with van der Waals surface area (Å²) in [5.74, 6) is -0.320. The van der Waals surface area contributed by atoms with Gasteiger partial charge in [-0.3, -0.25) is 0 Å². The largest absolute Gasteiger partial charge is 0.408 e. The van der Waals surface area contributed by atoms with E-state index in [0.29, 0.717) is 0 Å². The molecule has 0 saturated carbocycles. The average Bonchev–Trinajstić information content (AvgIpc) is 2.02. The van der Waals surface area contributed by atoms with Gasteiger partial charge in [-0.2, -0.15) is 18.2 Å². The number of rotatable bonds is 2. The van der Waals surface area contributed by atoms with Crippen LogP contribution in [0.4, 0.5) is 25.1 Å². The Morgan fingerprint density at radius 2 is 2.07 bits per heavy atom. The molecule has 1 aromatic heterocycles. The van der Waals surface area contributed by atoms with Crippen molar-refractivity contribution < 1.29 is 13.2 Å². The third kappa shape index (κ3) is 2.71. The van der Waals surface area contributed by atoms with Gasteiger partial charge in [0.2, 0.25) is 11.9 Å². The van der Waals surface area contributed by atoms with Crippen molar-refractivity contribution in [2.75, 3.05) is 11.1 Å². The molecule has 0 fully saturated rings. The number of anilines is 2. The van der Waals surface area contributed by atoms with E-state index in [2.05, 4.69) is 20.3 Å². The summed E-state index contributed by atoms with van der Waals surface area (Å²) in [5.41, 5.74) is 5.16. The van der Waals surface area contributed by atoms with Crippen LogP contribution < -0.4 is 11.1 Å². The van der Waals surface area contributed by atoms with Crippen molar-refractivity contribution in [1.29, 1.82) is 0 Å². The monoisotopic (exact) mass is 207 g/mol. The van der Waals surface area contributed by atoms with Gasteiger partial charge < -0.3 is 11.1 Å². The van der Waals surface area contributed by atoms with E-state index in [4.69, 9.17) is 5.73 Å². The standard InChI is InChI=1S/C6H8F3N5/c1-3(6(7,8)9)13-5-12-2-11-4(10)14-5/h2-3H,1H3,(H3,10,11,12,13,14). The maximum Gasteiger partial charge on any atom is 0.408 e. The molecule has 1 atom stereocenters. The van der Waals surface area contributed by atoms with Gasteiger partial charge in [0, 0.05) is 0 Å². The zero-order valence-corrected chi connectivity index (χ0v) is 7.21. The number of alkyl halides is 3. The highest BCUT2D eigenvalue weighted by Gasteiger charge is 2.36. The van der Waals surface area contributed by atoms with Crippen molar-refractivity contribution >= 4 is 11.9 Å². The van der Waals surface area contributed by atoms with Crippen LogP contribution in [0.2, 0.25) is 0 Å². The minimum absolute atomic E-state index is 0.128. The minimum Gasteiger partial charge on any atom is -0.368 e. The van der Waals surface area contributed by atoms with Gasteiger partial charge in [0.1, 0.15) is 12.4 Å². The highest BCUT2D eigenvalue weighted by Crippen LogP contribution is 2.21. The molecule has 0 bridgehead atoms. The third-order valence-corrected chi connectivity index (χ3v) is 1.43. The number of aromatic nitrogens is 3. The molecular formula is C6H8F3N5. The van der Waals surface area contributed by atoms with Crippen LogP contribution in [0.3, 0.4) is 0 Å². The quantitative estimate of drug-likeness (QED) is 0.750. The molecule has 1 heterocycles. The molecule has 0 spiro atoms. The Morgan fingerprint density at radius 1 is 1.43 bits per heavy atom. The van der Waals surface area contributed by atoms with E-state index < -0.39 is 12.2 Å². The molecule has 1 rings (SSSR count). The van der Waals surface area contributed by atoms with Gasteiger partial charge >= 0.3 is 6.18 Å². The Balaban J connectivity index is 2.70. The lowest BCUT2D eigenvalue weighted by Crippen LogP contribution is -2.33. The summed E-state index contributed by atoms with van der Waals surface area (Å²) in [6.07, 6.45) is -3.31. The molecule has 78 valence electrons. The highest BCUT2D eigenvalue weighted by molar-refractivity contribution is 5.30. The summed E-state index contributed by atoms with van der Waals surface area (Å²) in [6.45, 7) is 0.958. The van der Waals surface area contributed by atoms with E-state index in [0.717, 1.165) is 13.3 Å². The molecule has 0 aliphatic rings. The predicted molar refractivity (Wildman–Crippen MR) is 43.4 cm³/mol. The molecule has 0 aliphatic heterocycles. The van der Waals surface area contributed by atoms with E-state index in [-0.39, 0.29) is 11.9 Å². The van der Waals surface area contributed by atoms with E-state index >= 15 is 0 Å². The van der Waals surface area contributed by atoms with Crippen molar-refractivity contribution in [1.82, 2.24) is 15.0 Å². The van der Waals surface area contributed by atoms with Crippen molar-refractivity contribution in [2.45, 2.75) is 19.1 Å². The Kier molecular flexibility index (Phi) is 2.73. The van der Waals surface area contributed by atoms with Crippen LogP contribution in [0.15, 0.2) is 6.33 Å². The van der Waals surface area contributed by atoms with Crippen molar-refractivity contribution in [3.05, 3.63) is 6.33 Å². The molecule has 5 nitrogen and oxygen atoms in total. The summed E-state index contributed by atoms with van der Waals surface area (Å²) >= 11 is 0. The molecule has 0 radical (unpaired) electrons. The van der Waals surface area contributed by atoms with Gasteiger partial charge in [0.25, 0.3) is 0 Å². The van der Waals surface area contributed by atoms with Crippen LogP contribution in [-0.2, 0) is 0 Å². The van der Waals surface area contributed by atoms with E-state index in [1.54, 1.807) is 0 Å². The topological polar surface area (TPSA) is 76.7 Å². The van der Waals surface area contributed by atoms with Crippen LogP contribution in [0.25, 0.3) is 0 Å². The number of nitrogens with two attached hydrogens (primary N) is 1. The first-order chi connectivity index (χ1) is 6.39. The average molecular weight is 207 g/mol. The fraction of sp³-hybridized carbons (Fsp3) is 0.500. The minimum atomic E-state index is -4.35. The molecule has 1 unspecified atom stereocenters. The first-order valence-electron chi connectivity index (χ1n) is 3.67. The van der Waals surface area contributed by atoms with Gasteiger partial charge in [-0.15, -0.1) is 0 Å². The molecule has 3 N–H and O–H groups in total.